The van der Waals surface area contributed by atoms with E-state index >= 15 is 0 Å². The molecule has 0 aliphatic carbocycles. The third-order valence-electron chi connectivity index (χ3n) is 4.56. The highest BCUT2D eigenvalue weighted by Gasteiger charge is 2.42. The molecule has 2 aromatic rings. The summed E-state index contributed by atoms with van der Waals surface area (Å²) in [4.78, 5) is 24.7. The number of hydrogen-bond acceptors (Lipinski definition) is 4. The first-order valence-electron chi connectivity index (χ1n) is 8.35. The van der Waals surface area contributed by atoms with E-state index in [4.69, 9.17) is 11.6 Å². The van der Waals surface area contributed by atoms with Crippen LogP contribution in [0, 0.1) is 19.8 Å². The van der Waals surface area contributed by atoms with Crippen LogP contribution in [-0.4, -0.2) is 26.0 Å². The number of nitrogens with one attached hydrogen (secondary N) is 1. The van der Waals surface area contributed by atoms with Crippen molar-refractivity contribution >= 4 is 44.8 Å². The molecule has 1 heterocycles. The van der Waals surface area contributed by atoms with E-state index < -0.39 is 27.8 Å². The molecular formula is C19H19ClN2O4S. The van der Waals surface area contributed by atoms with Crippen LogP contribution in [-0.2, 0) is 14.8 Å². The summed E-state index contributed by atoms with van der Waals surface area (Å²) in [5.74, 6) is -1.77. The second-order valence-corrected chi connectivity index (χ2v) is 8.97. The van der Waals surface area contributed by atoms with Crippen molar-refractivity contribution in [1.82, 2.24) is 0 Å². The molecule has 3 rings (SSSR count). The van der Waals surface area contributed by atoms with Gasteiger partial charge in [0.2, 0.25) is 15.9 Å². The van der Waals surface area contributed by atoms with Crippen LogP contribution in [0.25, 0.3) is 0 Å². The van der Waals surface area contributed by atoms with Gasteiger partial charge in [0.25, 0.3) is 5.91 Å². The van der Waals surface area contributed by atoms with E-state index in [2.05, 4.69) is 5.32 Å². The molecule has 2 aromatic carbocycles. The van der Waals surface area contributed by atoms with Gasteiger partial charge in [0.1, 0.15) is 0 Å². The first-order valence-corrected chi connectivity index (χ1v) is 10.3. The van der Waals surface area contributed by atoms with Crippen molar-refractivity contribution in [3.05, 3.63) is 58.1 Å². The highest BCUT2D eigenvalue weighted by atomic mass is 35.5. The van der Waals surface area contributed by atoms with Gasteiger partial charge in [-0.05, 0) is 55.3 Å². The highest BCUT2D eigenvalue weighted by Crippen LogP contribution is 2.31. The van der Waals surface area contributed by atoms with Gasteiger partial charge >= 0.3 is 0 Å². The second-order valence-electron chi connectivity index (χ2n) is 6.70. The molecule has 27 heavy (non-hydrogen) atoms. The number of carbonyl (C=O) groups excluding carboxylic acids is 2. The molecule has 0 aromatic heterocycles. The summed E-state index contributed by atoms with van der Waals surface area (Å²) >= 11 is 6.21. The summed E-state index contributed by atoms with van der Waals surface area (Å²) in [5, 5.41) is 2.83. The molecule has 0 saturated carbocycles. The van der Waals surface area contributed by atoms with Gasteiger partial charge in [-0.15, -0.1) is 0 Å². The van der Waals surface area contributed by atoms with Crippen LogP contribution >= 0.6 is 11.6 Å². The average molecular weight is 407 g/mol. The first kappa shape index (κ1) is 19.4. The maximum Gasteiger partial charge on any atom is 0.257 e. The Hall–Kier alpha value is -2.38. The van der Waals surface area contributed by atoms with Gasteiger partial charge in [0.05, 0.1) is 27.9 Å². The van der Waals surface area contributed by atoms with Crippen molar-refractivity contribution in [3.8, 4) is 0 Å². The number of hydrogen-bond donors (Lipinski definition) is 1. The summed E-state index contributed by atoms with van der Waals surface area (Å²) in [6, 6.07) is 9.70. The Balaban J connectivity index is 1.87. The largest absolute Gasteiger partial charge is 0.322 e. The number of rotatable bonds is 3. The van der Waals surface area contributed by atoms with E-state index in [9.17, 15) is 18.0 Å². The number of amides is 2. The van der Waals surface area contributed by atoms with E-state index in [1.54, 1.807) is 13.0 Å². The lowest BCUT2D eigenvalue weighted by Gasteiger charge is -2.16. The highest BCUT2D eigenvalue weighted by molar-refractivity contribution is 7.94. The van der Waals surface area contributed by atoms with Crippen molar-refractivity contribution in [1.29, 1.82) is 0 Å². The lowest BCUT2D eigenvalue weighted by atomic mass is 10.1. The Morgan fingerprint density at radius 1 is 1.15 bits per heavy atom. The molecule has 2 amide bonds. The van der Waals surface area contributed by atoms with Gasteiger partial charge in [-0.25, -0.2) is 12.7 Å². The molecule has 1 fully saturated rings. The summed E-state index contributed by atoms with van der Waals surface area (Å²) < 4.78 is 25.2. The van der Waals surface area contributed by atoms with E-state index in [1.165, 1.54) is 18.2 Å². The quantitative estimate of drug-likeness (QED) is 0.845. The van der Waals surface area contributed by atoms with E-state index in [1.807, 2.05) is 26.0 Å². The molecule has 1 N–H and O–H groups in total. The van der Waals surface area contributed by atoms with Crippen LogP contribution in [0.3, 0.4) is 0 Å². The Labute approximate surface area is 163 Å². The van der Waals surface area contributed by atoms with Gasteiger partial charge in [-0.1, -0.05) is 24.6 Å². The minimum atomic E-state index is -3.72. The van der Waals surface area contributed by atoms with Crippen molar-refractivity contribution in [3.63, 3.8) is 0 Å². The Bertz CT molecular complexity index is 1050. The molecule has 0 radical (unpaired) electrons. The van der Waals surface area contributed by atoms with Crippen molar-refractivity contribution < 1.29 is 18.0 Å². The average Bonchev–Trinajstić information content (AvgIpc) is 2.78. The minimum absolute atomic E-state index is 0.0661. The zero-order chi connectivity index (χ0) is 19.9. The maximum absolute atomic E-state index is 12.5. The van der Waals surface area contributed by atoms with Gasteiger partial charge in [0, 0.05) is 5.69 Å². The summed E-state index contributed by atoms with van der Waals surface area (Å²) in [5.41, 5.74) is 3.12. The summed E-state index contributed by atoms with van der Waals surface area (Å²) in [6.45, 7) is 5.49. The monoisotopic (exact) mass is 406 g/mol. The summed E-state index contributed by atoms with van der Waals surface area (Å²) in [6.07, 6.45) is 0. The molecule has 142 valence electrons. The fourth-order valence-electron chi connectivity index (χ4n) is 2.92. The molecule has 1 atom stereocenters. The Morgan fingerprint density at radius 3 is 2.41 bits per heavy atom. The molecule has 1 saturated heterocycles. The molecular weight excluding hydrogens is 388 g/mol. The third-order valence-corrected chi connectivity index (χ3v) is 6.74. The molecule has 0 spiro atoms. The van der Waals surface area contributed by atoms with Gasteiger partial charge in [-0.3, -0.25) is 9.59 Å². The lowest BCUT2D eigenvalue weighted by molar-refractivity contribution is -0.119. The number of nitrogens with zero attached hydrogens (tertiary/aromatic N) is 1. The molecule has 6 nitrogen and oxygen atoms in total. The number of carbonyl (C=O) groups is 2. The van der Waals surface area contributed by atoms with Crippen molar-refractivity contribution in [2.24, 2.45) is 5.92 Å². The van der Waals surface area contributed by atoms with Gasteiger partial charge in [-0.2, -0.15) is 0 Å². The number of benzene rings is 2. The maximum atomic E-state index is 12.5. The van der Waals surface area contributed by atoms with E-state index in [-0.39, 0.29) is 22.0 Å². The molecule has 1 aliphatic heterocycles. The SMILES string of the molecule is Cc1ccc(NC(=O)c2ccc(N3C(=O)[C@H](C)CS3(=O)=O)cc2Cl)cc1C. The van der Waals surface area contributed by atoms with Gasteiger partial charge in [0.15, 0.2) is 0 Å². The van der Waals surface area contributed by atoms with Crippen LogP contribution in [0.1, 0.15) is 28.4 Å². The smallest absolute Gasteiger partial charge is 0.257 e. The van der Waals surface area contributed by atoms with E-state index in [0.717, 1.165) is 15.4 Å². The standard InChI is InChI=1S/C19H19ClN2O4S/c1-11-4-5-14(8-12(11)2)21-18(23)16-7-6-15(9-17(16)20)22-19(24)13(3)10-27(22,25)26/h4-9,13H,10H2,1-3H3,(H,21,23)/t13-/m1/s1. The van der Waals surface area contributed by atoms with Crippen molar-refractivity contribution in [2.45, 2.75) is 20.8 Å². The lowest BCUT2D eigenvalue weighted by Crippen LogP contribution is -2.30. The van der Waals surface area contributed by atoms with Crippen molar-refractivity contribution in [2.75, 3.05) is 15.4 Å². The Kier molecular flexibility index (Phi) is 5.01. The molecule has 0 unspecified atom stereocenters. The molecule has 1 aliphatic rings. The summed E-state index contributed by atoms with van der Waals surface area (Å²) in [7, 11) is -3.72. The number of halogens is 1. The van der Waals surface area contributed by atoms with Crippen LogP contribution in [0.15, 0.2) is 36.4 Å². The topological polar surface area (TPSA) is 83.6 Å². The second kappa shape index (κ2) is 6.98. The normalized spacial score (nSPS) is 18.6. The fourth-order valence-corrected chi connectivity index (χ4v) is 4.99. The predicted molar refractivity (Wildman–Crippen MR) is 106 cm³/mol. The first-order chi connectivity index (χ1) is 12.6. The zero-order valence-electron chi connectivity index (χ0n) is 15.1. The predicted octanol–water partition coefficient (Wildman–Crippen LogP) is 3.52. The number of aryl methyl sites for hydroxylation is 2. The Morgan fingerprint density at radius 2 is 1.85 bits per heavy atom. The van der Waals surface area contributed by atoms with Crippen LogP contribution in [0.4, 0.5) is 11.4 Å². The number of anilines is 2. The van der Waals surface area contributed by atoms with Gasteiger partial charge < -0.3 is 5.32 Å². The zero-order valence-corrected chi connectivity index (χ0v) is 16.7. The van der Waals surface area contributed by atoms with Crippen LogP contribution < -0.4 is 9.62 Å². The van der Waals surface area contributed by atoms with Crippen LogP contribution in [0.2, 0.25) is 5.02 Å². The van der Waals surface area contributed by atoms with E-state index in [0.29, 0.717) is 5.69 Å². The molecule has 0 bridgehead atoms. The minimum Gasteiger partial charge on any atom is -0.322 e. The fraction of sp³-hybridized carbons (Fsp3) is 0.263. The molecule has 8 heteroatoms. The number of sulfonamides is 1. The van der Waals surface area contributed by atoms with Crippen LogP contribution in [0.5, 0.6) is 0 Å². The third kappa shape index (κ3) is 3.70.